The zero-order chi connectivity index (χ0) is 17.1. The van der Waals surface area contributed by atoms with Crippen molar-refractivity contribution in [3.8, 4) is 0 Å². The number of fused-ring (bicyclic) bond motifs is 1. The Hall–Kier alpha value is -1.76. The highest BCUT2D eigenvalue weighted by Gasteiger charge is 2.28. The van der Waals surface area contributed by atoms with E-state index in [1.165, 1.54) is 12.1 Å². The lowest BCUT2D eigenvalue weighted by Gasteiger charge is -2.17. The lowest BCUT2D eigenvalue weighted by Crippen LogP contribution is -2.30. The molecule has 24 heavy (non-hydrogen) atoms. The van der Waals surface area contributed by atoms with Gasteiger partial charge < -0.3 is 10.3 Å². The molecule has 0 spiro atoms. The molecule has 0 amide bonds. The van der Waals surface area contributed by atoms with Crippen molar-refractivity contribution in [2.75, 3.05) is 6.54 Å². The second-order valence-corrected chi connectivity index (χ2v) is 6.70. The second-order valence-electron chi connectivity index (χ2n) is 6.70. The summed E-state index contributed by atoms with van der Waals surface area (Å²) in [5.41, 5.74) is 7.90. The Balaban J connectivity index is 1.51. The molecule has 1 aromatic carbocycles. The maximum absolute atomic E-state index is 13.2. The van der Waals surface area contributed by atoms with Crippen molar-refractivity contribution in [2.24, 2.45) is 5.92 Å². The van der Waals surface area contributed by atoms with E-state index in [0.717, 1.165) is 25.1 Å². The Morgan fingerprint density at radius 1 is 1.17 bits per heavy atom. The number of hydrazine groups is 1. The molecular formula is C18H25FN4O. The molecule has 2 aromatic rings. The molecule has 0 radical (unpaired) electrons. The molecule has 1 fully saturated rings. The number of halogens is 1. The maximum atomic E-state index is 13.2. The predicted octanol–water partition coefficient (Wildman–Crippen LogP) is 2.04. The van der Waals surface area contributed by atoms with Gasteiger partial charge >= 0.3 is 0 Å². The number of hydrogen-bond donors (Lipinski definition) is 4. The third-order valence-electron chi connectivity index (χ3n) is 4.88. The highest BCUT2D eigenvalue weighted by molar-refractivity contribution is 5.78. The SMILES string of the molecule is CC1NNC(C)C1CCCNCc1cc(=O)c2cc(F)ccc2[nH]1. The molecule has 6 heteroatoms. The molecule has 1 aliphatic rings. The Morgan fingerprint density at radius 2 is 1.92 bits per heavy atom. The van der Waals surface area contributed by atoms with Gasteiger partial charge in [-0.2, -0.15) is 0 Å². The Kier molecular flexibility index (Phi) is 5.28. The van der Waals surface area contributed by atoms with E-state index in [9.17, 15) is 9.18 Å². The Bertz CT molecular complexity index is 750. The van der Waals surface area contributed by atoms with Gasteiger partial charge in [0.2, 0.25) is 0 Å². The van der Waals surface area contributed by atoms with E-state index in [1.54, 1.807) is 12.1 Å². The molecule has 3 rings (SSSR count). The largest absolute Gasteiger partial charge is 0.357 e. The van der Waals surface area contributed by atoms with Gasteiger partial charge in [-0.3, -0.25) is 15.6 Å². The minimum absolute atomic E-state index is 0.147. The van der Waals surface area contributed by atoms with E-state index in [4.69, 9.17) is 0 Å². The Morgan fingerprint density at radius 3 is 2.67 bits per heavy atom. The zero-order valence-corrected chi connectivity index (χ0v) is 14.2. The van der Waals surface area contributed by atoms with Crippen LogP contribution < -0.4 is 21.6 Å². The van der Waals surface area contributed by atoms with Crippen molar-refractivity contribution in [1.29, 1.82) is 0 Å². The number of nitrogens with one attached hydrogen (secondary N) is 4. The summed E-state index contributed by atoms with van der Waals surface area (Å²) in [6, 6.07) is 6.79. The molecule has 1 saturated heterocycles. The average Bonchev–Trinajstić information content (AvgIpc) is 2.87. The maximum Gasteiger partial charge on any atom is 0.189 e. The van der Waals surface area contributed by atoms with Crippen molar-refractivity contribution < 1.29 is 4.39 Å². The van der Waals surface area contributed by atoms with Crippen LogP contribution in [0.25, 0.3) is 10.9 Å². The third-order valence-corrected chi connectivity index (χ3v) is 4.88. The van der Waals surface area contributed by atoms with Crippen LogP contribution in [0.5, 0.6) is 0 Å². The molecule has 130 valence electrons. The Labute approximate surface area is 141 Å². The molecule has 1 aromatic heterocycles. The quantitative estimate of drug-likeness (QED) is 0.611. The number of aromatic amines is 1. The number of pyridine rings is 1. The summed E-state index contributed by atoms with van der Waals surface area (Å²) in [6.07, 6.45) is 2.24. The molecule has 2 unspecified atom stereocenters. The van der Waals surface area contributed by atoms with Crippen LogP contribution in [-0.4, -0.2) is 23.6 Å². The van der Waals surface area contributed by atoms with E-state index in [0.29, 0.717) is 35.4 Å². The summed E-state index contributed by atoms with van der Waals surface area (Å²) < 4.78 is 13.2. The summed E-state index contributed by atoms with van der Waals surface area (Å²) in [5.74, 6) is 0.250. The van der Waals surface area contributed by atoms with Crippen LogP contribution in [0.1, 0.15) is 32.4 Å². The van der Waals surface area contributed by atoms with E-state index < -0.39 is 5.82 Å². The molecule has 2 atom stereocenters. The monoisotopic (exact) mass is 332 g/mol. The van der Waals surface area contributed by atoms with E-state index in [-0.39, 0.29) is 5.43 Å². The molecule has 2 heterocycles. The van der Waals surface area contributed by atoms with Gasteiger partial charge in [-0.25, -0.2) is 4.39 Å². The van der Waals surface area contributed by atoms with Crippen LogP contribution in [0.4, 0.5) is 4.39 Å². The topological polar surface area (TPSA) is 68.9 Å². The normalized spacial score (nSPS) is 23.9. The van der Waals surface area contributed by atoms with Crippen LogP contribution >= 0.6 is 0 Å². The predicted molar refractivity (Wildman–Crippen MR) is 94.2 cm³/mol. The van der Waals surface area contributed by atoms with Gasteiger partial charge in [-0.15, -0.1) is 0 Å². The van der Waals surface area contributed by atoms with Crippen molar-refractivity contribution in [3.63, 3.8) is 0 Å². The fraction of sp³-hybridized carbons (Fsp3) is 0.500. The van der Waals surface area contributed by atoms with Gasteiger partial charge in [-0.1, -0.05) is 0 Å². The van der Waals surface area contributed by atoms with Crippen LogP contribution in [-0.2, 0) is 6.54 Å². The highest BCUT2D eigenvalue weighted by Crippen LogP contribution is 2.19. The van der Waals surface area contributed by atoms with E-state index >= 15 is 0 Å². The first-order valence-corrected chi connectivity index (χ1v) is 8.58. The van der Waals surface area contributed by atoms with Gasteiger partial charge in [0, 0.05) is 41.3 Å². The molecule has 0 saturated carbocycles. The number of hydrogen-bond acceptors (Lipinski definition) is 4. The molecule has 5 nitrogen and oxygen atoms in total. The zero-order valence-electron chi connectivity index (χ0n) is 14.2. The molecular weight excluding hydrogens is 307 g/mol. The number of rotatable bonds is 6. The second kappa shape index (κ2) is 7.42. The highest BCUT2D eigenvalue weighted by atomic mass is 19.1. The van der Waals surface area contributed by atoms with Crippen molar-refractivity contribution in [1.82, 2.24) is 21.2 Å². The van der Waals surface area contributed by atoms with Crippen molar-refractivity contribution >= 4 is 10.9 Å². The van der Waals surface area contributed by atoms with Crippen LogP contribution in [0, 0.1) is 11.7 Å². The van der Waals surface area contributed by atoms with Gasteiger partial charge in [0.25, 0.3) is 0 Å². The van der Waals surface area contributed by atoms with Gasteiger partial charge in [0.1, 0.15) is 5.82 Å². The van der Waals surface area contributed by atoms with Gasteiger partial charge in [0.05, 0.1) is 0 Å². The first-order valence-electron chi connectivity index (χ1n) is 8.58. The summed E-state index contributed by atoms with van der Waals surface area (Å²) in [5, 5.41) is 3.77. The number of H-pyrrole nitrogens is 1. The molecule has 0 bridgehead atoms. The smallest absolute Gasteiger partial charge is 0.189 e. The standard InChI is InChI=1S/C18H25FN4O/c1-11-15(12(2)23-22-11)4-3-7-20-10-14-9-18(24)16-8-13(19)5-6-17(16)21-14/h5-6,8-9,11-12,15,20,22-23H,3-4,7,10H2,1-2H3,(H,21,24). The van der Waals surface area contributed by atoms with Crippen LogP contribution in [0.2, 0.25) is 0 Å². The first kappa shape index (κ1) is 17.1. The third kappa shape index (κ3) is 3.83. The summed E-state index contributed by atoms with van der Waals surface area (Å²) in [6.45, 7) is 5.92. The van der Waals surface area contributed by atoms with Gasteiger partial charge in [-0.05, 0) is 57.4 Å². The van der Waals surface area contributed by atoms with Crippen molar-refractivity contribution in [2.45, 2.75) is 45.3 Å². The van der Waals surface area contributed by atoms with Crippen LogP contribution in [0.3, 0.4) is 0 Å². The first-order chi connectivity index (χ1) is 11.5. The van der Waals surface area contributed by atoms with E-state index in [1.807, 2.05) is 0 Å². The molecule has 4 N–H and O–H groups in total. The number of benzene rings is 1. The van der Waals surface area contributed by atoms with Crippen molar-refractivity contribution in [3.05, 3.63) is 46.0 Å². The summed E-state index contributed by atoms with van der Waals surface area (Å²) in [4.78, 5) is 15.3. The minimum atomic E-state index is -0.391. The lowest BCUT2D eigenvalue weighted by atomic mass is 9.92. The number of aromatic nitrogens is 1. The molecule has 1 aliphatic heterocycles. The van der Waals surface area contributed by atoms with Gasteiger partial charge in [0.15, 0.2) is 5.43 Å². The summed E-state index contributed by atoms with van der Waals surface area (Å²) in [7, 11) is 0. The van der Waals surface area contributed by atoms with E-state index in [2.05, 4.69) is 35.0 Å². The van der Waals surface area contributed by atoms with Crippen LogP contribution in [0.15, 0.2) is 29.1 Å². The minimum Gasteiger partial charge on any atom is -0.357 e. The fourth-order valence-electron chi connectivity index (χ4n) is 3.47. The average molecular weight is 332 g/mol. The fourth-order valence-corrected chi connectivity index (χ4v) is 3.47. The molecule has 0 aliphatic carbocycles. The summed E-state index contributed by atoms with van der Waals surface area (Å²) >= 11 is 0. The lowest BCUT2D eigenvalue weighted by molar-refractivity contribution is 0.396.